The van der Waals surface area contributed by atoms with E-state index in [4.69, 9.17) is 4.74 Å². The second-order valence-electron chi connectivity index (χ2n) is 8.69. The first-order chi connectivity index (χ1) is 15.9. The van der Waals surface area contributed by atoms with Crippen molar-refractivity contribution < 1.29 is 17.9 Å². The van der Waals surface area contributed by atoms with Gasteiger partial charge in [-0.05, 0) is 62.4 Å². The Hall–Kier alpha value is -1.87. The average Bonchev–Trinajstić information content (AvgIpc) is 3.18. The lowest BCUT2D eigenvalue weighted by atomic mass is 10.2. The largest absolute Gasteiger partial charge is 0.377 e. The van der Waals surface area contributed by atoms with Gasteiger partial charge < -0.3 is 10.1 Å². The smallest absolute Gasteiger partial charge is 0.256 e. The van der Waals surface area contributed by atoms with Crippen molar-refractivity contribution in [3.8, 4) is 0 Å². The number of anilines is 1. The normalized spacial score (nSPS) is 19.8. The van der Waals surface area contributed by atoms with Gasteiger partial charge in [-0.25, -0.2) is 8.42 Å². The summed E-state index contributed by atoms with van der Waals surface area (Å²) < 4.78 is 34.0. The molecule has 8 heteroatoms. The van der Waals surface area contributed by atoms with Crippen molar-refractivity contribution in [2.75, 3.05) is 30.8 Å². The molecule has 2 saturated heterocycles. The quantitative estimate of drug-likeness (QED) is 0.550. The van der Waals surface area contributed by atoms with E-state index in [-0.39, 0.29) is 16.9 Å². The molecule has 1 N–H and O–H groups in total. The highest BCUT2D eigenvalue weighted by molar-refractivity contribution is 7.99. The summed E-state index contributed by atoms with van der Waals surface area (Å²) in [5.74, 6) is 0.569. The van der Waals surface area contributed by atoms with Crippen LogP contribution in [0.3, 0.4) is 0 Å². The summed E-state index contributed by atoms with van der Waals surface area (Å²) in [6.07, 6.45) is 6.26. The number of carbonyl (C=O) groups excluding carboxylic acids is 1. The van der Waals surface area contributed by atoms with Gasteiger partial charge in [-0.3, -0.25) is 4.79 Å². The number of hydrogen-bond donors (Lipinski definition) is 1. The van der Waals surface area contributed by atoms with Crippen molar-refractivity contribution in [3.05, 3.63) is 53.6 Å². The van der Waals surface area contributed by atoms with Gasteiger partial charge in [-0.1, -0.05) is 31.0 Å². The van der Waals surface area contributed by atoms with Gasteiger partial charge >= 0.3 is 0 Å². The third kappa shape index (κ3) is 5.98. The van der Waals surface area contributed by atoms with Crippen molar-refractivity contribution in [2.45, 2.75) is 61.3 Å². The lowest BCUT2D eigenvalue weighted by Gasteiger charge is -2.21. The lowest BCUT2D eigenvalue weighted by molar-refractivity contribution is 0.102. The van der Waals surface area contributed by atoms with Crippen LogP contribution in [0.1, 0.15) is 54.4 Å². The first-order valence-corrected chi connectivity index (χ1v) is 14.1. The SMILES string of the molecule is Cc1ccc(NC(=O)c2ccccc2SCC2CCCO2)cc1S(=O)(=O)N1CCCCCC1. The molecule has 33 heavy (non-hydrogen) atoms. The fourth-order valence-electron chi connectivity index (χ4n) is 4.31. The van der Waals surface area contributed by atoms with Gasteiger partial charge in [0, 0.05) is 36.0 Å². The van der Waals surface area contributed by atoms with Crippen molar-refractivity contribution >= 4 is 33.4 Å². The fraction of sp³-hybridized carbons (Fsp3) is 0.480. The van der Waals surface area contributed by atoms with Crippen LogP contribution < -0.4 is 5.32 Å². The van der Waals surface area contributed by atoms with Gasteiger partial charge in [0.2, 0.25) is 10.0 Å². The number of amides is 1. The highest BCUT2D eigenvalue weighted by Gasteiger charge is 2.27. The Kier molecular flexibility index (Phi) is 8.11. The van der Waals surface area contributed by atoms with Gasteiger partial charge in [-0.15, -0.1) is 11.8 Å². The summed E-state index contributed by atoms with van der Waals surface area (Å²) in [5, 5.41) is 2.92. The van der Waals surface area contributed by atoms with E-state index < -0.39 is 10.0 Å². The molecule has 6 nitrogen and oxygen atoms in total. The zero-order valence-corrected chi connectivity index (χ0v) is 20.7. The highest BCUT2D eigenvalue weighted by atomic mass is 32.2. The molecule has 0 bridgehead atoms. The Morgan fingerprint density at radius 2 is 1.85 bits per heavy atom. The minimum Gasteiger partial charge on any atom is -0.377 e. The maximum Gasteiger partial charge on any atom is 0.256 e. The van der Waals surface area contributed by atoms with Gasteiger partial charge in [0.05, 0.1) is 16.6 Å². The molecule has 0 radical (unpaired) electrons. The molecular weight excluding hydrogens is 456 g/mol. The number of carbonyl (C=O) groups is 1. The predicted molar refractivity (Wildman–Crippen MR) is 132 cm³/mol. The van der Waals surface area contributed by atoms with Crippen LogP contribution in [-0.2, 0) is 14.8 Å². The third-order valence-electron chi connectivity index (χ3n) is 6.21. The van der Waals surface area contributed by atoms with Crippen LogP contribution in [0.2, 0.25) is 0 Å². The molecule has 2 fully saturated rings. The Balaban J connectivity index is 1.51. The Labute approximate surface area is 201 Å². The van der Waals surface area contributed by atoms with Gasteiger partial charge in [0.25, 0.3) is 5.91 Å². The molecule has 0 spiro atoms. The summed E-state index contributed by atoms with van der Waals surface area (Å²) in [6.45, 7) is 3.71. The van der Waals surface area contributed by atoms with Crippen LogP contribution in [-0.4, -0.2) is 50.2 Å². The van der Waals surface area contributed by atoms with Crippen LogP contribution in [0.25, 0.3) is 0 Å². The number of ether oxygens (including phenoxy) is 1. The third-order valence-corrected chi connectivity index (χ3v) is 9.46. The minimum absolute atomic E-state index is 0.231. The molecule has 1 unspecified atom stereocenters. The van der Waals surface area contributed by atoms with E-state index in [9.17, 15) is 13.2 Å². The van der Waals surface area contributed by atoms with Crippen molar-refractivity contribution in [2.24, 2.45) is 0 Å². The summed E-state index contributed by atoms with van der Waals surface area (Å²) in [7, 11) is -3.60. The molecular formula is C25H32N2O4S2. The predicted octanol–water partition coefficient (Wildman–Crippen LogP) is 5.08. The molecule has 2 aliphatic rings. The topological polar surface area (TPSA) is 75.7 Å². The Morgan fingerprint density at radius 1 is 1.09 bits per heavy atom. The Morgan fingerprint density at radius 3 is 2.58 bits per heavy atom. The van der Waals surface area contributed by atoms with E-state index in [0.29, 0.717) is 29.9 Å². The Bertz CT molecular complexity index is 1070. The maximum atomic E-state index is 13.3. The van der Waals surface area contributed by atoms with E-state index in [0.717, 1.165) is 55.8 Å². The van der Waals surface area contributed by atoms with Gasteiger partial charge in [-0.2, -0.15) is 4.31 Å². The molecule has 2 aliphatic heterocycles. The summed E-state index contributed by atoms with van der Waals surface area (Å²) in [5.41, 5.74) is 1.75. The van der Waals surface area contributed by atoms with E-state index >= 15 is 0 Å². The molecule has 0 saturated carbocycles. The molecule has 1 atom stereocenters. The van der Waals surface area contributed by atoms with Crippen LogP contribution in [0, 0.1) is 6.92 Å². The number of nitrogens with zero attached hydrogens (tertiary/aromatic N) is 1. The standard InChI is InChI=1S/C25H32N2O4S2/c1-19-12-13-20(17-24(19)33(29,30)27-14-6-2-3-7-15-27)26-25(28)22-10-4-5-11-23(22)32-18-21-9-8-16-31-21/h4-5,10-13,17,21H,2-3,6-9,14-16,18H2,1H3,(H,26,28). The monoisotopic (exact) mass is 488 g/mol. The second-order valence-corrected chi connectivity index (χ2v) is 11.7. The average molecular weight is 489 g/mol. The van der Waals surface area contributed by atoms with Crippen molar-refractivity contribution in [1.29, 1.82) is 0 Å². The number of rotatable bonds is 7. The van der Waals surface area contributed by atoms with Gasteiger partial charge in [0.15, 0.2) is 0 Å². The number of thioether (sulfide) groups is 1. The number of nitrogens with one attached hydrogen (secondary N) is 1. The minimum atomic E-state index is -3.60. The summed E-state index contributed by atoms with van der Waals surface area (Å²) >= 11 is 1.63. The number of hydrogen-bond acceptors (Lipinski definition) is 5. The lowest BCUT2D eigenvalue weighted by Crippen LogP contribution is -2.32. The molecule has 2 aromatic carbocycles. The summed E-state index contributed by atoms with van der Waals surface area (Å²) in [4.78, 5) is 14.3. The first-order valence-electron chi connectivity index (χ1n) is 11.7. The van der Waals surface area contributed by atoms with Crippen LogP contribution in [0.4, 0.5) is 5.69 Å². The number of benzene rings is 2. The van der Waals surface area contributed by atoms with E-state index in [1.807, 2.05) is 18.2 Å². The zero-order valence-electron chi connectivity index (χ0n) is 19.1. The first kappa shape index (κ1) is 24.3. The second kappa shape index (κ2) is 11.0. The van der Waals surface area contributed by atoms with Crippen LogP contribution in [0.5, 0.6) is 0 Å². The molecule has 2 heterocycles. The van der Waals surface area contributed by atoms with E-state index in [1.54, 1.807) is 47.3 Å². The maximum absolute atomic E-state index is 13.3. The molecule has 1 amide bonds. The van der Waals surface area contributed by atoms with Crippen LogP contribution >= 0.6 is 11.8 Å². The molecule has 2 aromatic rings. The molecule has 4 rings (SSSR count). The molecule has 0 aromatic heterocycles. The van der Waals surface area contributed by atoms with E-state index in [2.05, 4.69) is 5.32 Å². The van der Waals surface area contributed by atoms with Gasteiger partial charge in [0.1, 0.15) is 0 Å². The highest BCUT2D eigenvalue weighted by Crippen LogP contribution is 2.29. The van der Waals surface area contributed by atoms with Crippen molar-refractivity contribution in [1.82, 2.24) is 4.31 Å². The molecule has 0 aliphatic carbocycles. The number of aryl methyl sites for hydroxylation is 1. The fourth-order valence-corrected chi connectivity index (χ4v) is 7.20. The van der Waals surface area contributed by atoms with E-state index in [1.165, 1.54) is 0 Å². The molecule has 178 valence electrons. The number of sulfonamides is 1. The summed E-state index contributed by atoms with van der Waals surface area (Å²) in [6, 6.07) is 12.6. The zero-order chi connectivity index (χ0) is 23.3. The van der Waals surface area contributed by atoms with Crippen LogP contribution in [0.15, 0.2) is 52.3 Å². The van der Waals surface area contributed by atoms with Crippen molar-refractivity contribution in [3.63, 3.8) is 0 Å².